The molecule has 24 heavy (non-hydrogen) atoms. The standard InChI is InChI=1S/C19H27FN2O2/c20-16-8-6-15(7-9-16)17(14-23)21-18(24)19(10-2-1-3-11-19)22-12-4-5-13-22/h6-9,17,23H,1-5,10-14H2,(H,21,24)/t17-/m0/s1. The number of benzene rings is 1. The van der Waals surface area contributed by atoms with Crippen LogP contribution in [-0.4, -0.2) is 41.1 Å². The highest BCUT2D eigenvalue weighted by Gasteiger charge is 2.45. The zero-order chi connectivity index (χ0) is 17.0. The van der Waals surface area contributed by atoms with E-state index in [0.29, 0.717) is 0 Å². The zero-order valence-electron chi connectivity index (χ0n) is 14.1. The highest BCUT2D eigenvalue weighted by atomic mass is 19.1. The SMILES string of the molecule is O=C(N[C@@H](CO)c1ccc(F)cc1)C1(N2CCCC2)CCCCC1. The summed E-state index contributed by atoms with van der Waals surface area (Å²) in [7, 11) is 0. The molecular weight excluding hydrogens is 307 g/mol. The largest absolute Gasteiger partial charge is 0.394 e. The molecule has 0 spiro atoms. The number of carbonyl (C=O) groups excluding carboxylic acids is 1. The first-order valence-corrected chi connectivity index (χ1v) is 9.08. The number of aliphatic hydroxyl groups is 1. The highest BCUT2D eigenvalue weighted by Crippen LogP contribution is 2.36. The molecule has 2 fully saturated rings. The van der Waals surface area contributed by atoms with E-state index in [4.69, 9.17) is 0 Å². The Morgan fingerprint density at radius 1 is 1.12 bits per heavy atom. The first-order valence-electron chi connectivity index (χ1n) is 9.08. The number of amides is 1. The van der Waals surface area contributed by atoms with E-state index in [9.17, 15) is 14.3 Å². The van der Waals surface area contributed by atoms with Crippen LogP contribution in [0.3, 0.4) is 0 Å². The number of hydrogen-bond donors (Lipinski definition) is 2. The molecule has 0 unspecified atom stereocenters. The molecule has 1 amide bonds. The fourth-order valence-electron chi connectivity index (χ4n) is 4.19. The molecule has 1 aromatic rings. The van der Waals surface area contributed by atoms with Crippen LogP contribution >= 0.6 is 0 Å². The van der Waals surface area contributed by atoms with E-state index in [-0.39, 0.29) is 18.3 Å². The highest BCUT2D eigenvalue weighted by molar-refractivity contribution is 5.87. The van der Waals surface area contributed by atoms with Gasteiger partial charge in [0.15, 0.2) is 0 Å². The maximum absolute atomic E-state index is 13.2. The second kappa shape index (κ2) is 7.62. The van der Waals surface area contributed by atoms with Gasteiger partial charge in [-0.25, -0.2) is 4.39 Å². The lowest BCUT2D eigenvalue weighted by molar-refractivity contribution is -0.136. The predicted molar refractivity (Wildman–Crippen MR) is 91.0 cm³/mol. The molecule has 1 aliphatic carbocycles. The molecule has 5 heteroatoms. The summed E-state index contributed by atoms with van der Waals surface area (Å²) in [5.74, 6) is -0.296. The lowest BCUT2D eigenvalue weighted by Gasteiger charge is -2.43. The maximum Gasteiger partial charge on any atom is 0.241 e. The molecule has 1 aromatic carbocycles. The summed E-state index contributed by atoms with van der Waals surface area (Å²) in [5.41, 5.74) is 0.307. The Morgan fingerprint density at radius 3 is 2.33 bits per heavy atom. The van der Waals surface area contributed by atoms with E-state index in [0.717, 1.165) is 57.2 Å². The molecule has 2 aliphatic rings. The van der Waals surface area contributed by atoms with Crippen molar-refractivity contribution in [3.8, 4) is 0 Å². The maximum atomic E-state index is 13.2. The molecule has 1 aliphatic heterocycles. The van der Waals surface area contributed by atoms with Crippen LogP contribution in [0.1, 0.15) is 56.6 Å². The first-order chi connectivity index (χ1) is 11.7. The van der Waals surface area contributed by atoms with Gasteiger partial charge in [-0.05, 0) is 56.5 Å². The molecular formula is C19H27FN2O2. The molecule has 3 rings (SSSR count). The smallest absolute Gasteiger partial charge is 0.241 e. The second-order valence-electron chi connectivity index (χ2n) is 7.05. The molecule has 1 saturated carbocycles. The van der Waals surface area contributed by atoms with Crippen LogP contribution in [0.25, 0.3) is 0 Å². The van der Waals surface area contributed by atoms with Crippen LogP contribution in [0.2, 0.25) is 0 Å². The Kier molecular flexibility index (Phi) is 5.51. The molecule has 2 N–H and O–H groups in total. The van der Waals surface area contributed by atoms with E-state index in [1.807, 2.05) is 0 Å². The van der Waals surface area contributed by atoms with Crippen molar-refractivity contribution in [2.24, 2.45) is 0 Å². The third-order valence-corrected chi connectivity index (χ3v) is 5.58. The van der Waals surface area contributed by atoms with Gasteiger partial charge < -0.3 is 10.4 Å². The fraction of sp³-hybridized carbons (Fsp3) is 0.632. The van der Waals surface area contributed by atoms with Crippen molar-refractivity contribution in [2.45, 2.75) is 56.5 Å². The normalized spacial score (nSPS) is 22.2. The van der Waals surface area contributed by atoms with Crippen LogP contribution in [0.5, 0.6) is 0 Å². The molecule has 0 aromatic heterocycles. The molecule has 0 bridgehead atoms. The van der Waals surface area contributed by atoms with Crippen LogP contribution in [0.4, 0.5) is 4.39 Å². The van der Waals surface area contributed by atoms with Crippen molar-refractivity contribution in [1.29, 1.82) is 0 Å². The van der Waals surface area contributed by atoms with E-state index in [2.05, 4.69) is 10.2 Å². The number of nitrogens with zero attached hydrogens (tertiary/aromatic N) is 1. The van der Waals surface area contributed by atoms with Gasteiger partial charge in [-0.1, -0.05) is 31.4 Å². The van der Waals surface area contributed by atoms with Crippen LogP contribution in [0, 0.1) is 5.82 Å². The van der Waals surface area contributed by atoms with Gasteiger partial charge in [-0.2, -0.15) is 0 Å². The minimum absolute atomic E-state index is 0.0208. The van der Waals surface area contributed by atoms with E-state index in [1.165, 1.54) is 18.6 Å². The van der Waals surface area contributed by atoms with Gasteiger partial charge in [0, 0.05) is 0 Å². The number of hydrogen-bond acceptors (Lipinski definition) is 3. The van der Waals surface area contributed by atoms with Gasteiger partial charge in [0.25, 0.3) is 0 Å². The number of aliphatic hydroxyl groups excluding tert-OH is 1. The van der Waals surface area contributed by atoms with Crippen molar-refractivity contribution in [3.63, 3.8) is 0 Å². The van der Waals surface area contributed by atoms with Gasteiger partial charge in [0.05, 0.1) is 12.6 Å². The Bertz CT molecular complexity index is 549. The van der Waals surface area contributed by atoms with E-state index >= 15 is 0 Å². The van der Waals surface area contributed by atoms with E-state index in [1.54, 1.807) is 12.1 Å². The summed E-state index contributed by atoms with van der Waals surface area (Å²) in [4.78, 5) is 15.5. The topological polar surface area (TPSA) is 52.6 Å². The van der Waals surface area contributed by atoms with Gasteiger partial charge in [-0.3, -0.25) is 9.69 Å². The lowest BCUT2D eigenvalue weighted by atomic mass is 9.79. The Hall–Kier alpha value is -1.46. The van der Waals surface area contributed by atoms with Crippen molar-refractivity contribution in [1.82, 2.24) is 10.2 Å². The van der Waals surface area contributed by atoms with Crippen LogP contribution < -0.4 is 5.32 Å². The summed E-state index contributed by atoms with van der Waals surface area (Å²) in [6.45, 7) is 1.77. The monoisotopic (exact) mass is 334 g/mol. The Labute approximate surface area is 143 Å². The third kappa shape index (κ3) is 3.47. The van der Waals surface area contributed by atoms with Crippen molar-refractivity contribution < 1.29 is 14.3 Å². The average Bonchev–Trinajstić information content (AvgIpc) is 3.16. The number of likely N-dealkylation sites (tertiary alicyclic amines) is 1. The number of rotatable bonds is 5. The van der Waals surface area contributed by atoms with Gasteiger partial charge in [0.1, 0.15) is 11.4 Å². The third-order valence-electron chi connectivity index (χ3n) is 5.58. The molecule has 4 nitrogen and oxygen atoms in total. The molecule has 1 heterocycles. The second-order valence-corrected chi connectivity index (χ2v) is 7.05. The molecule has 0 radical (unpaired) electrons. The molecule has 132 valence electrons. The van der Waals surface area contributed by atoms with Crippen LogP contribution in [-0.2, 0) is 4.79 Å². The van der Waals surface area contributed by atoms with Crippen LogP contribution in [0.15, 0.2) is 24.3 Å². The summed E-state index contributed by atoms with van der Waals surface area (Å²) >= 11 is 0. The van der Waals surface area contributed by atoms with Gasteiger partial charge in [0.2, 0.25) is 5.91 Å². The Balaban J connectivity index is 1.77. The van der Waals surface area contributed by atoms with Crippen molar-refractivity contribution >= 4 is 5.91 Å². The summed E-state index contributed by atoms with van der Waals surface area (Å²) in [6, 6.07) is 5.49. The van der Waals surface area contributed by atoms with E-state index < -0.39 is 11.6 Å². The molecule has 1 saturated heterocycles. The number of halogens is 1. The van der Waals surface area contributed by atoms with Crippen molar-refractivity contribution in [2.75, 3.05) is 19.7 Å². The summed E-state index contributed by atoms with van der Waals surface area (Å²) in [6.07, 6.45) is 7.41. The fourth-order valence-corrected chi connectivity index (χ4v) is 4.19. The minimum Gasteiger partial charge on any atom is -0.394 e. The number of carbonyl (C=O) groups is 1. The number of nitrogens with one attached hydrogen (secondary N) is 1. The lowest BCUT2D eigenvalue weighted by Crippen LogP contribution is -2.59. The van der Waals surface area contributed by atoms with Gasteiger partial charge in [-0.15, -0.1) is 0 Å². The first kappa shape index (κ1) is 17.4. The minimum atomic E-state index is -0.487. The predicted octanol–water partition coefficient (Wildman–Crippen LogP) is 2.77. The quantitative estimate of drug-likeness (QED) is 0.871. The average molecular weight is 334 g/mol. The molecule has 1 atom stereocenters. The summed E-state index contributed by atoms with van der Waals surface area (Å²) in [5, 5.41) is 12.8. The van der Waals surface area contributed by atoms with Crippen molar-refractivity contribution in [3.05, 3.63) is 35.6 Å². The summed E-state index contributed by atoms with van der Waals surface area (Å²) < 4.78 is 13.1. The van der Waals surface area contributed by atoms with Gasteiger partial charge >= 0.3 is 0 Å². The zero-order valence-corrected chi connectivity index (χ0v) is 14.1. The Morgan fingerprint density at radius 2 is 1.75 bits per heavy atom.